The Labute approximate surface area is 161 Å². The van der Waals surface area contributed by atoms with Gasteiger partial charge in [0.05, 0.1) is 0 Å². The molecule has 3 aromatic rings. The van der Waals surface area contributed by atoms with Crippen molar-refractivity contribution in [3.63, 3.8) is 0 Å². The van der Waals surface area contributed by atoms with Gasteiger partial charge >= 0.3 is 0 Å². The molecule has 1 fully saturated rings. The SMILES string of the molecule is c1ccc(CCN2CCC3(CC2)c2ccccc2Oc2ccccc23)cc1. The molecule has 5 rings (SSSR count). The summed E-state index contributed by atoms with van der Waals surface area (Å²) in [6, 6.07) is 28.1. The maximum Gasteiger partial charge on any atom is 0.131 e. The number of ether oxygens (including phenoxy) is 1. The average Bonchev–Trinajstić information content (AvgIpc) is 2.74. The molecular formula is C25H25NO. The van der Waals surface area contributed by atoms with Crippen LogP contribution in [-0.2, 0) is 11.8 Å². The number of likely N-dealkylation sites (tertiary alicyclic amines) is 1. The second-order valence-electron chi connectivity index (χ2n) is 7.75. The fraction of sp³-hybridized carbons (Fsp3) is 0.280. The minimum absolute atomic E-state index is 0.0919. The highest BCUT2D eigenvalue weighted by Crippen LogP contribution is 2.52. The van der Waals surface area contributed by atoms with Crippen LogP contribution in [0.25, 0.3) is 0 Å². The van der Waals surface area contributed by atoms with Gasteiger partial charge < -0.3 is 9.64 Å². The van der Waals surface area contributed by atoms with Crippen LogP contribution in [-0.4, -0.2) is 24.5 Å². The number of nitrogens with zero attached hydrogens (tertiary/aromatic N) is 1. The fourth-order valence-electron chi connectivity index (χ4n) is 4.79. The lowest BCUT2D eigenvalue weighted by atomic mass is 9.66. The maximum atomic E-state index is 6.22. The molecule has 27 heavy (non-hydrogen) atoms. The summed E-state index contributed by atoms with van der Waals surface area (Å²) < 4.78 is 6.22. The van der Waals surface area contributed by atoms with E-state index in [0.29, 0.717) is 0 Å². The second-order valence-corrected chi connectivity index (χ2v) is 7.75. The minimum atomic E-state index is 0.0919. The molecule has 2 heterocycles. The highest BCUT2D eigenvalue weighted by Gasteiger charge is 2.43. The monoisotopic (exact) mass is 355 g/mol. The van der Waals surface area contributed by atoms with Crippen LogP contribution in [0, 0.1) is 0 Å². The maximum absolute atomic E-state index is 6.22. The summed E-state index contributed by atoms with van der Waals surface area (Å²) in [4.78, 5) is 2.62. The first-order chi connectivity index (χ1) is 13.4. The Morgan fingerprint density at radius 2 is 1.26 bits per heavy atom. The van der Waals surface area contributed by atoms with Crippen LogP contribution in [0.15, 0.2) is 78.9 Å². The predicted octanol–water partition coefficient (Wildman–Crippen LogP) is 5.42. The van der Waals surface area contributed by atoms with Gasteiger partial charge in [0.25, 0.3) is 0 Å². The molecular weight excluding hydrogens is 330 g/mol. The standard InChI is InChI=1S/C25H25NO/c1-2-8-20(9-3-1)14-17-26-18-15-25(16-19-26)21-10-4-6-12-23(21)27-24-13-7-5-11-22(24)25/h1-13H,14-19H2. The lowest BCUT2D eigenvalue weighted by Crippen LogP contribution is -2.45. The van der Waals surface area contributed by atoms with Gasteiger partial charge in [-0.3, -0.25) is 0 Å². The number of rotatable bonds is 3. The topological polar surface area (TPSA) is 12.5 Å². The summed E-state index contributed by atoms with van der Waals surface area (Å²) in [5.41, 5.74) is 4.26. The van der Waals surface area contributed by atoms with Gasteiger partial charge in [-0.25, -0.2) is 0 Å². The van der Waals surface area contributed by atoms with Gasteiger partial charge in [0, 0.05) is 23.1 Å². The number of para-hydroxylation sites is 2. The Kier molecular flexibility index (Phi) is 4.21. The van der Waals surface area contributed by atoms with E-state index in [0.717, 1.165) is 50.4 Å². The van der Waals surface area contributed by atoms with Crippen molar-refractivity contribution >= 4 is 0 Å². The van der Waals surface area contributed by atoms with E-state index in [-0.39, 0.29) is 5.41 Å². The molecule has 2 aliphatic heterocycles. The van der Waals surface area contributed by atoms with E-state index < -0.39 is 0 Å². The van der Waals surface area contributed by atoms with Crippen molar-refractivity contribution in [3.8, 4) is 11.5 Å². The molecule has 0 atom stereocenters. The van der Waals surface area contributed by atoms with Crippen molar-refractivity contribution in [3.05, 3.63) is 95.6 Å². The van der Waals surface area contributed by atoms with Gasteiger partial charge in [-0.1, -0.05) is 66.7 Å². The number of piperidine rings is 1. The van der Waals surface area contributed by atoms with E-state index in [4.69, 9.17) is 4.74 Å². The van der Waals surface area contributed by atoms with Crippen LogP contribution in [0.5, 0.6) is 11.5 Å². The largest absolute Gasteiger partial charge is 0.457 e. The smallest absolute Gasteiger partial charge is 0.131 e. The zero-order chi connectivity index (χ0) is 18.1. The summed E-state index contributed by atoms with van der Waals surface area (Å²) in [7, 11) is 0. The van der Waals surface area contributed by atoms with E-state index in [2.05, 4.69) is 83.8 Å². The van der Waals surface area contributed by atoms with Crippen LogP contribution < -0.4 is 4.74 Å². The minimum Gasteiger partial charge on any atom is -0.457 e. The highest BCUT2D eigenvalue weighted by atomic mass is 16.5. The molecule has 0 saturated carbocycles. The summed E-state index contributed by atoms with van der Waals surface area (Å²) in [6.07, 6.45) is 3.43. The van der Waals surface area contributed by atoms with Gasteiger partial charge in [0.2, 0.25) is 0 Å². The first-order valence-electron chi connectivity index (χ1n) is 9.98. The van der Waals surface area contributed by atoms with Gasteiger partial charge in [-0.2, -0.15) is 0 Å². The van der Waals surface area contributed by atoms with E-state index >= 15 is 0 Å². The summed E-state index contributed by atoms with van der Waals surface area (Å²) in [5, 5.41) is 0. The molecule has 0 amide bonds. The quantitative estimate of drug-likeness (QED) is 0.622. The first kappa shape index (κ1) is 16.6. The van der Waals surface area contributed by atoms with Gasteiger partial charge in [0.1, 0.15) is 11.5 Å². The molecule has 0 N–H and O–H groups in total. The van der Waals surface area contributed by atoms with Crippen molar-refractivity contribution in [1.29, 1.82) is 0 Å². The van der Waals surface area contributed by atoms with Crippen LogP contribution in [0.1, 0.15) is 29.5 Å². The van der Waals surface area contributed by atoms with Crippen LogP contribution in [0.2, 0.25) is 0 Å². The molecule has 0 aromatic heterocycles. The van der Waals surface area contributed by atoms with E-state index in [9.17, 15) is 0 Å². The Bertz CT molecular complexity index is 878. The normalized spacial score (nSPS) is 17.8. The predicted molar refractivity (Wildman–Crippen MR) is 110 cm³/mol. The first-order valence-corrected chi connectivity index (χ1v) is 9.98. The third-order valence-electron chi connectivity index (χ3n) is 6.29. The van der Waals surface area contributed by atoms with E-state index in [1.165, 1.54) is 16.7 Å². The molecule has 0 radical (unpaired) electrons. The van der Waals surface area contributed by atoms with E-state index in [1.807, 2.05) is 0 Å². The van der Waals surface area contributed by atoms with Gasteiger partial charge in [0.15, 0.2) is 0 Å². The van der Waals surface area contributed by atoms with Gasteiger partial charge in [-0.05, 0) is 50.0 Å². The fourth-order valence-corrected chi connectivity index (χ4v) is 4.79. The van der Waals surface area contributed by atoms with E-state index in [1.54, 1.807) is 0 Å². The zero-order valence-electron chi connectivity index (χ0n) is 15.6. The Balaban J connectivity index is 1.39. The molecule has 1 saturated heterocycles. The van der Waals surface area contributed by atoms with Crippen molar-refractivity contribution in [1.82, 2.24) is 4.90 Å². The number of hydrogen-bond donors (Lipinski definition) is 0. The Morgan fingerprint density at radius 3 is 1.89 bits per heavy atom. The van der Waals surface area contributed by atoms with Crippen LogP contribution in [0.4, 0.5) is 0 Å². The number of hydrogen-bond acceptors (Lipinski definition) is 2. The third-order valence-corrected chi connectivity index (χ3v) is 6.29. The molecule has 136 valence electrons. The lowest BCUT2D eigenvalue weighted by molar-refractivity contribution is 0.173. The van der Waals surface area contributed by atoms with Crippen molar-refractivity contribution in [2.45, 2.75) is 24.7 Å². The molecule has 0 unspecified atom stereocenters. The molecule has 0 bridgehead atoms. The average molecular weight is 355 g/mol. The Hall–Kier alpha value is -2.58. The van der Waals surface area contributed by atoms with Gasteiger partial charge in [-0.15, -0.1) is 0 Å². The van der Waals surface area contributed by atoms with Crippen molar-refractivity contribution in [2.24, 2.45) is 0 Å². The van der Waals surface area contributed by atoms with Crippen LogP contribution in [0.3, 0.4) is 0 Å². The lowest BCUT2D eigenvalue weighted by Gasteiger charge is -2.46. The molecule has 2 heteroatoms. The molecule has 2 aliphatic rings. The number of fused-ring (bicyclic) bond motifs is 4. The summed E-state index contributed by atoms with van der Waals surface area (Å²) >= 11 is 0. The molecule has 1 spiro atoms. The summed E-state index contributed by atoms with van der Waals surface area (Å²) in [5.74, 6) is 2.07. The Morgan fingerprint density at radius 1 is 0.704 bits per heavy atom. The molecule has 0 aliphatic carbocycles. The molecule has 3 aromatic carbocycles. The highest BCUT2D eigenvalue weighted by molar-refractivity contribution is 5.57. The zero-order valence-corrected chi connectivity index (χ0v) is 15.6. The third kappa shape index (κ3) is 2.94. The summed E-state index contributed by atoms with van der Waals surface area (Å²) in [6.45, 7) is 3.41. The van der Waals surface area contributed by atoms with Crippen molar-refractivity contribution in [2.75, 3.05) is 19.6 Å². The van der Waals surface area contributed by atoms with Crippen molar-refractivity contribution < 1.29 is 4.74 Å². The van der Waals surface area contributed by atoms with Crippen LogP contribution >= 0.6 is 0 Å². The second kappa shape index (κ2) is 6.86. The molecule has 2 nitrogen and oxygen atoms in total. The number of benzene rings is 3.